The van der Waals surface area contributed by atoms with Gasteiger partial charge in [-0.25, -0.2) is 4.98 Å². The van der Waals surface area contributed by atoms with Crippen LogP contribution in [-0.2, 0) is 11.2 Å². The molecule has 1 aliphatic heterocycles. The molecule has 0 aliphatic carbocycles. The molecule has 6 nitrogen and oxygen atoms in total. The Kier molecular flexibility index (Phi) is 4.27. The summed E-state index contributed by atoms with van der Waals surface area (Å²) in [7, 11) is 0. The number of aromatic nitrogens is 3. The molecule has 0 saturated carbocycles. The van der Waals surface area contributed by atoms with Crippen molar-refractivity contribution in [1.29, 1.82) is 0 Å². The van der Waals surface area contributed by atoms with E-state index in [1.165, 1.54) is 6.33 Å². The highest BCUT2D eigenvalue weighted by Gasteiger charge is 2.32. The van der Waals surface area contributed by atoms with Gasteiger partial charge in [-0.15, -0.1) is 0 Å². The minimum Gasteiger partial charge on any atom is -0.464 e. The first-order valence-electron chi connectivity index (χ1n) is 7.83. The standard InChI is InChI=1S/C16H22N4O2/c1-11-7-8-20(13(9-11)14-4-3-12(2)22-14)16(21)6-5-15-17-10-18-19-15/h3-4,10-11,13H,5-9H2,1-2H3,(H,17,18,19). The highest BCUT2D eigenvalue weighted by Crippen LogP contribution is 2.35. The third-order valence-corrected chi connectivity index (χ3v) is 4.32. The number of aryl methyl sites for hydroxylation is 2. The van der Waals surface area contributed by atoms with E-state index in [1.807, 2.05) is 24.0 Å². The van der Waals surface area contributed by atoms with Crippen molar-refractivity contribution in [2.45, 2.75) is 45.6 Å². The Labute approximate surface area is 129 Å². The van der Waals surface area contributed by atoms with E-state index in [0.29, 0.717) is 18.8 Å². The average Bonchev–Trinajstić information content (AvgIpc) is 3.16. The molecule has 3 rings (SSSR count). The summed E-state index contributed by atoms with van der Waals surface area (Å²) in [5.41, 5.74) is 0. The quantitative estimate of drug-likeness (QED) is 0.942. The van der Waals surface area contributed by atoms with Gasteiger partial charge < -0.3 is 9.32 Å². The number of amides is 1. The maximum absolute atomic E-state index is 12.6. The second-order valence-electron chi connectivity index (χ2n) is 6.11. The molecule has 22 heavy (non-hydrogen) atoms. The molecule has 3 heterocycles. The van der Waals surface area contributed by atoms with Gasteiger partial charge in [-0.3, -0.25) is 9.89 Å². The number of nitrogens with one attached hydrogen (secondary N) is 1. The predicted octanol–water partition coefficient (Wildman–Crippen LogP) is 2.64. The normalized spacial score (nSPS) is 22.0. The van der Waals surface area contributed by atoms with Gasteiger partial charge >= 0.3 is 0 Å². The van der Waals surface area contributed by atoms with Crippen LogP contribution in [0.5, 0.6) is 0 Å². The van der Waals surface area contributed by atoms with Gasteiger partial charge in [-0.2, -0.15) is 5.10 Å². The summed E-state index contributed by atoms with van der Waals surface area (Å²) in [5.74, 6) is 3.31. The second-order valence-corrected chi connectivity index (χ2v) is 6.11. The maximum atomic E-state index is 12.6. The van der Waals surface area contributed by atoms with Crippen LogP contribution in [0.15, 0.2) is 22.9 Å². The molecule has 1 fully saturated rings. The van der Waals surface area contributed by atoms with Crippen molar-refractivity contribution in [1.82, 2.24) is 20.1 Å². The first kappa shape index (κ1) is 14.8. The summed E-state index contributed by atoms with van der Waals surface area (Å²) in [4.78, 5) is 18.6. The highest BCUT2D eigenvalue weighted by atomic mass is 16.3. The van der Waals surface area contributed by atoms with Crippen LogP contribution in [0.1, 0.15) is 49.6 Å². The Morgan fingerprint density at radius 1 is 1.50 bits per heavy atom. The molecule has 1 aliphatic rings. The van der Waals surface area contributed by atoms with Crippen molar-refractivity contribution < 1.29 is 9.21 Å². The van der Waals surface area contributed by atoms with Crippen LogP contribution < -0.4 is 0 Å². The van der Waals surface area contributed by atoms with E-state index in [-0.39, 0.29) is 11.9 Å². The fraction of sp³-hybridized carbons (Fsp3) is 0.562. The van der Waals surface area contributed by atoms with Gasteiger partial charge in [0, 0.05) is 19.4 Å². The lowest BCUT2D eigenvalue weighted by molar-refractivity contribution is -0.136. The Hall–Kier alpha value is -2.11. The number of likely N-dealkylation sites (tertiary alicyclic amines) is 1. The molecule has 6 heteroatoms. The average molecular weight is 302 g/mol. The van der Waals surface area contributed by atoms with Crippen LogP contribution in [0.2, 0.25) is 0 Å². The van der Waals surface area contributed by atoms with Gasteiger partial charge in [0.05, 0.1) is 6.04 Å². The fourth-order valence-corrected chi connectivity index (χ4v) is 3.06. The van der Waals surface area contributed by atoms with E-state index in [2.05, 4.69) is 22.1 Å². The van der Waals surface area contributed by atoms with Gasteiger partial charge in [0.25, 0.3) is 0 Å². The summed E-state index contributed by atoms with van der Waals surface area (Å²) in [6.45, 7) is 4.96. The zero-order chi connectivity index (χ0) is 15.5. The topological polar surface area (TPSA) is 75.0 Å². The number of hydrogen-bond donors (Lipinski definition) is 1. The molecule has 2 aromatic rings. The Balaban J connectivity index is 1.70. The number of rotatable bonds is 4. The highest BCUT2D eigenvalue weighted by molar-refractivity contribution is 5.77. The minimum atomic E-state index is 0.0553. The molecule has 0 radical (unpaired) electrons. The van der Waals surface area contributed by atoms with E-state index in [1.54, 1.807) is 0 Å². The van der Waals surface area contributed by atoms with Gasteiger partial charge in [-0.05, 0) is 37.8 Å². The lowest BCUT2D eigenvalue weighted by Gasteiger charge is -2.37. The molecule has 0 aromatic carbocycles. The largest absolute Gasteiger partial charge is 0.464 e. The number of aromatic amines is 1. The number of carbonyl (C=O) groups is 1. The van der Waals surface area contributed by atoms with E-state index in [4.69, 9.17) is 4.42 Å². The lowest BCUT2D eigenvalue weighted by atomic mass is 9.90. The molecule has 0 spiro atoms. The first-order valence-corrected chi connectivity index (χ1v) is 7.83. The van der Waals surface area contributed by atoms with E-state index in [0.717, 1.165) is 36.7 Å². The van der Waals surface area contributed by atoms with Crippen LogP contribution in [0.3, 0.4) is 0 Å². The summed E-state index contributed by atoms with van der Waals surface area (Å²) in [6, 6.07) is 4.01. The lowest BCUT2D eigenvalue weighted by Crippen LogP contribution is -2.40. The van der Waals surface area contributed by atoms with Crippen LogP contribution in [0.25, 0.3) is 0 Å². The Morgan fingerprint density at radius 2 is 2.36 bits per heavy atom. The number of hydrogen-bond acceptors (Lipinski definition) is 4. The van der Waals surface area contributed by atoms with Crippen LogP contribution in [-0.4, -0.2) is 32.5 Å². The van der Waals surface area contributed by atoms with E-state index < -0.39 is 0 Å². The zero-order valence-corrected chi connectivity index (χ0v) is 13.1. The number of nitrogens with zero attached hydrogens (tertiary/aromatic N) is 3. The van der Waals surface area contributed by atoms with Crippen molar-refractivity contribution in [2.24, 2.45) is 5.92 Å². The molecule has 2 aromatic heterocycles. The summed E-state index contributed by atoms with van der Waals surface area (Å²) in [6.07, 6.45) is 4.51. The molecule has 1 amide bonds. The SMILES string of the molecule is Cc1ccc(C2CC(C)CCN2C(=O)CCc2ncn[nH]2)o1. The van der Waals surface area contributed by atoms with Crippen molar-refractivity contribution in [3.63, 3.8) is 0 Å². The molecule has 0 bridgehead atoms. The zero-order valence-electron chi connectivity index (χ0n) is 13.1. The predicted molar refractivity (Wildman–Crippen MR) is 81.0 cm³/mol. The van der Waals surface area contributed by atoms with Crippen LogP contribution >= 0.6 is 0 Å². The number of carbonyl (C=O) groups excluding carboxylic acids is 1. The first-order chi connectivity index (χ1) is 10.6. The van der Waals surface area contributed by atoms with E-state index in [9.17, 15) is 4.79 Å². The summed E-state index contributed by atoms with van der Waals surface area (Å²) < 4.78 is 5.78. The Morgan fingerprint density at radius 3 is 3.05 bits per heavy atom. The molecule has 1 N–H and O–H groups in total. The Bertz CT molecular complexity index is 620. The third kappa shape index (κ3) is 3.21. The van der Waals surface area contributed by atoms with Crippen molar-refractivity contribution >= 4 is 5.91 Å². The minimum absolute atomic E-state index is 0.0553. The van der Waals surface area contributed by atoms with Crippen molar-refractivity contribution in [3.05, 3.63) is 35.8 Å². The van der Waals surface area contributed by atoms with Crippen molar-refractivity contribution in [3.8, 4) is 0 Å². The molecular formula is C16H22N4O2. The smallest absolute Gasteiger partial charge is 0.223 e. The van der Waals surface area contributed by atoms with Gasteiger partial charge in [0.2, 0.25) is 5.91 Å². The van der Waals surface area contributed by atoms with Gasteiger partial charge in [0.1, 0.15) is 23.7 Å². The maximum Gasteiger partial charge on any atom is 0.223 e. The number of piperidine rings is 1. The number of H-pyrrole nitrogens is 1. The summed E-state index contributed by atoms with van der Waals surface area (Å²) >= 11 is 0. The van der Waals surface area contributed by atoms with Crippen LogP contribution in [0, 0.1) is 12.8 Å². The van der Waals surface area contributed by atoms with Gasteiger partial charge in [-0.1, -0.05) is 6.92 Å². The molecule has 118 valence electrons. The van der Waals surface area contributed by atoms with Crippen LogP contribution in [0.4, 0.5) is 0 Å². The van der Waals surface area contributed by atoms with Crippen molar-refractivity contribution in [2.75, 3.05) is 6.54 Å². The number of furan rings is 1. The molecule has 2 atom stereocenters. The second kappa shape index (κ2) is 6.34. The van der Waals surface area contributed by atoms with E-state index >= 15 is 0 Å². The monoisotopic (exact) mass is 302 g/mol. The molecular weight excluding hydrogens is 280 g/mol. The third-order valence-electron chi connectivity index (χ3n) is 4.32. The molecule has 2 unspecified atom stereocenters. The molecule has 1 saturated heterocycles. The summed E-state index contributed by atoms with van der Waals surface area (Å²) in [5, 5.41) is 6.61. The van der Waals surface area contributed by atoms with Gasteiger partial charge in [0.15, 0.2) is 0 Å². The fourth-order valence-electron chi connectivity index (χ4n) is 3.06.